The van der Waals surface area contributed by atoms with E-state index in [9.17, 15) is 0 Å². The minimum Gasteiger partial charge on any atom is -0.412 e. The first-order chi connectivity index (χ1) is 7.84. The molecule has 0 heterocycles. The van der Waals surface area contributed by atoms with Gasteiger partial charge in [-0.25, -0.2) is 0 Å². The zero-order valence-electron chi connectivity index (χ0n) is 13.2. The summed E-state index contributed by atoms with van der Waals surface area (Å²) in [5.74, 6) is 2.55. The highest BCUT2D eigenvalue weighted by Gasteiger charge is 2.11. The summed E-state index contributed by atoms with van der Waals surface area (Å²) >= 11 is 0. The topological polar surface area (TPSA) is 72.0 Å². The Kier molecular flexibility index (Phi) is 19.1. The van der Waals surface area contributed by atoms with Crippen LogP contribution in [0.5, 0.6) is 0 Å². The first-order valence-corrected chi connectivity index (χ1v) is 7.06. The summed E-state index contributed by atoms with van der Waals surface area (Å²) < 4.78 is 0. The second-order valence-electron chi connectivity index (χ2n) is 6.06. The summed E-state index contributed by atoms with van der Waals surface area (Å²) in [7, 11) is 0. The molecule has 0 aromatic heterocycles. The van der Waals surface area contributed by atoms with E-state index in [1.54, 1.807) is 0 Å². The van der Waals surface area contributed by atoms with Gasteiger partial charge < -0.3 is 15.7 Å². The molecule has 0 aliphatic heterocycles. The van der Waals surface area contributed by atoms with E-state index in [1.165, 1.54) is 12.8 Å². The van der Waals surface area contributed by atoms with E-state index in [4.69, 9.17) is 10.2 Å². The molecule has 1 unspecified atom stereocenters. The summed E-state index contributed by atoms with van der Waals surface area (Å²) in [5.41, 5.74) is 0. The first-order valence-electron chi connectivity index (χ1n) is 7.06. The standard InChI is InChI=1S/C10H22O.C5H12O.H2O/c1-8(2)5-6-10(7-11)9(3)4;1-5(2)3-4-6;/h8-11H,5-7H2,1-4H3;5-6H,3-4H2,1-2H3;1H2. The number of hydrogen-bond donors (Lipinski definition) is 2. The molecule has 114 valence electrons. The predicted octanol–water partition coefficient (Wildman–Crippen LogP) is 2.89. The second kappa shape index (κ2) is 14.9. The van der Waals surface area contributed by atoms with Gasteiger partial charge in [0.15, 0.2) is 0 Å². The molecule has 0 fully saturated rings. The summed E-state index contributed by atoms with van der Waals surface area (Å²) in [4.78, 5) is 0. The average molecular weight is 264 g/mol. The van der Waals surface area contributed by atoms with Gasteiger partial charge in [0.1, 0.15) is 0 Å². The summed E-state index contributed by atoms with van der Waals surface area (Å²) in [6, 6.07) is 0. The summed E-state index contributed by atoms with van der Waals surface area (Å²) in [6.45, 7) is 13.7. The van der Waals surface area contributed by atoms with Gasteiger partial charge in [-0.05, 0) is 36.5 Å². The van der Waals surface area contributed by atoms with E-state index in [0.29, 0.717) is 31.0 Å². The molecule has 3 nitrogen and oxygen atoms in total. The second-order valence-corrected chi connectivity index (χ2v) is 6.06. The quantitative estimate of drug-likeness (QED) is 0.742. The minimum atomic E-state index is 0. The molecule has 0 spiro atoms. The van der Waals surface area contributed by atoms with Crippen molar-refractivity contribution in [1.29, 1.82) is 0 Å². The Morgan fingerprint density at radius 3 is 1.33 bits per heavy atom. The molecular formula is C15H36O3. The Morgan fingerprint density at radius 1 is 0.722 bits per heavy atom. The SMILES string of the molecule is CC(C)CCC(CO)C(C)C.CC(C)CCO.O. The van der Waals surface area contributed by atoms with E-state index in [1.807, 2.05) is 0 Å². The Bertz CT molecular complexity index is 145. The predicted molar refractivity (Wildman–Crippen MR) is 79.6 cm³/mol. The molecular weight excluding hydrogens is 228 g/mol. The normalized spacial score (nSPS) is 12.2. The van der Waals surface area contributed by atoms with Crippen molar-refractivity contribution in [3.8, 4) is 0 Å². The van der Waals surface area contributed by atoms with Gasteiger partial charge in [0, 0.05) is 13.2 Å². The van der Waals surface area contributed by atoms with Crippen LogP contribution in [0.25, 0.3) is 0 Å². The van der Waals surface area contributed by atoms with E-state index in [2.05, 4.69) is 41.5 Å². The van der Waals surface area contributed by atoms with Crippen LogP contribution in [0.2, 0.25) is 0 Å². The number of aliphatic hydroxyl groups excluding tert-OH is 2. The first kappa shape index (κ1) is 23.0. The Balaban J connectivity index is -0.000000277. The fraction of sp³-hybridized carbons (Fsp3) is 1.00. The van der Waals surface area contributed by atoms with Crippen molar-refractivity contribution in [3.05, 3.63) is 0 Å². The Morgan fingerprint density at radius 2 is 1.17 bits per heavy atom. The van der Waals surface area contributed by atoms with Crippen molar-refractivity contribution < 1.29 is 15.7 Å². The van der Waals surface area contributed by atoms with Gasteiger partial charge in [-0.1, -0.05) is 48.0 Å². The fourth-order valence-corrected chi connectivity index (χ4v) is 1.44. The summed E-state index contributed by atoms with van der Waals surface area (Å²) in [5, 5.41) is 17.2. The third-order valence-electron chi connectivity index (χ3n) is 3.00. The van der Waals surface area contributed by atoms with Crippen molar-refractivity contribution in [3.63, 3.8) is 0 Å². The van der Waals surface area contributed by atoms with Crippen LogP contribution in [0.4, 0.5) is 0 Å². The number of hydrogen-bond acceptors (Lipinski definition) is 2. The maximum absolute atomic E-state index is 9.01. The van der Waals surface area contributed by atoms with Crippen molar-refractivity contribution in [2.45, 2.75) is 60.8 Å². The largest absolute Gasteiger partial charge is 0.412 e. The van der Waals surface area contributed by atoms with Gasteiger partial charge in [0.2, 0.25) is 0 Å². The fourth-order valence-electron chi connectivity index (χ4n) is 1.44. The molecule has 0 aliphatic rings. The minimum absolute atomic E-state index is 0. The third-order valence-corrected chi connectivity index (χ3v) is 3.00. The molecule has 0 aromatic carbocycles. The molecule has 0 amide bonds. The van der Waals surface area contributed by atoms with Gasteiger partial charge in [0.05, 0.1) is 0 Å². The Labute approximate surface area is 114 Å². The molecule has 3 heteroatoms. The van der Waals surface area contributed by atoms with Crippen LogP contribution in [0.1, 0.15) is 60.8 Å². The van der Waals surface area contributed by atoms with Crippen LogP contribution < -0.4 is 0 Å². The zero-order valence-corrected chi connectivity index (χ0v) is 13.2. The molecule has 18 heavy (non-hydrogen) atoms. The lowest BCUT2D eigenvalue weighted by atomic mass is 9.89. The summed E-state index contributed by atoms with van der Waals surface area (Å²) in [6.07, 6.45) is 3.34. The van der Waals surface area contributed by atoms with Crippen molar-refractivity contribution in [2.75, 3.05) is 13.2 Å². The maximum Gasteiger partial charge on any atom is 0.0461 e. The lowest BCUT2D eigenvalue weighted by Crippen LogP contribution is -2.13. The monoisotopic (exact) mass is 264 g/mol. The van der Waals surface area contributed by atoms with E-state index in [0.717, 1.165) is 12.3 Å². The maximum atomic E-state index is 9.01. The van der Waals surface area contributed by atoms with Crippen LogP contribution in [-0.4, -0.2) is 28.9 Å². The lowest BCUT2D eigenvalue weighted by molar-refractivity contribution is 0.175. The van der Waals surface area contributed by atoms with Crippen LogP contribution in [-0.2, 0) is 0 Å². The Hall–Kier alpha value is -0.120. The molecule has 0 aliphatic carbocycles. The van der Waals surface area contributed by atoms with Crippen LogP contribution in [0.15, 0.2) is 0 Å². The van der Waals surface area contributed by atoms with Crippen LogP contribution in [0.3, 0.4) is 0 Å². The van der Waals surface area contributed by atoms with Crippen molar-refractivity contribution in [1.82, 2.24) is 0 Å². The zero-order chi connectivity index (χ0) is 13.8. The third kappa shape index (κ3) is 18.3. The van der Waals surface area contributed by atoms with E-state index >= 15 is 0 Å². The molecule has 0 saturated heterocycles. The molecule has 0 radical (unpaired) electrons. The van der Waals surface area contributed by atoms with E-state index in [-0.39, 0.29) is 5.48 Å². The average Bonchev–Trinajstić information content (AvgIpc) is 2.18. The van der Waals surface area contributed by atoms with Gasteiger partial charge in [0.25, 0.3) is 0 Å². The highest BCUT2D eigenvalue weighted by molar-refractivity contribution is 4.62. The van der Waals surface area contributed by atoms with Gasteiger partial charge in [-0.2, -0.15) is 0 Å². The molecule has 0 rings (SSSR count). The van der Waals surface area contributed by atoms with Crippen LogP contribution in [0, 0.1) is 23.7 Å². The van der Waals surface area contributed by atoms with Crippen molar-refractivity contribution >= 4 is 0 Å². The number of rotatable bonds is 7. The highest BCUT2D eigenvalue weighted by Crippen LogP contribution is 2.18. The smallest absolute Gasteiger partial charge is 0.0461 e. The highest BCUT2D eigenvalue weighted by atomic mass is 16.3. The molecule has 4 N–H and O–H groups in total. The van der Waals surface area contributed by atoms with Gasteiger partial charge in [-0.3, -0.25) is 0 Å². The number of aliphatic hydroxyl groups is 2. The molecule has 0 aromatic rings. The molecule has 0 saturated carbocycles. The molecule has 1 atom stereocenters. The van der Waals surface area contributed by atoms with E-state index < -0.39 is 0 Å². The molecule has 0 bridgehead atoms. The lowest BCUT2D eigenvalue weighted by Gasteiger charge is -2.18. The van der Waals surface area contributed by atoms with Gasteiger partial charge in [-0.15, -0.1) is 0 Å². The van der Waals surface area contributed by atoms with Crippen molar-refractivity contribution in [2.24, 2.45) is 23.7 Å². The van der Waals surface area contributed by atoms with Gasteiger partial charge >= 0.3 is 0 Å². The van der Waals surface area contributed by atoms with Crippen LogP contribution >= 0.6 is 0 Å².